The molecule has 0 aromatic heterocycles. The first kappa shape index (κ1) is 11.3. The lowest BCUT2D eigenvalue weighted by Gasteiger charge is -2.19. The molecule has 3 atom stereocenters. The molecule has 2 nitrogen and oxygen atoms in total. The van der Waals surface area contributed by atoms with Gasteiger partial charge in [-0.15, -0.1) is 0 Å². The lowest BCUT2D eigenvalue weighted by atomic mass is 9.93. The van der Waals surface area contributed by atoms with Gasteiger partial charge in [0.1, 0.15) is 11.9 Å². The Morgan fingerprint density at radius 2 is 2.22 bits per heavy atom. The number of halogens is 1. The van der Waals surface area contributed by atoms with Crippen LogP contribution in [-0.4, -0.2) is 6.54 Å². The fourth-order valence-corrected chi connectivity index (χ4v) is 3.13. The minimum absolute atomic E-state index is 0.361. The zero-order chi connectivity index (χ0) is 12.5. The minimum atomic E-state index is -0.361. The predicted molar refractivity (Wildman–Crippen MR) is 68.4 cm³/mol. The Bertz CT molecular complexity index is 530. The van der Waals surface area contributed by atoms with Gasteiger partial charge in [-0.05, 0) is 48.8 Å². The highest BCUT2D eigenvalue weighted by atomic mass is 19.1. The second-order valence-corrected chi connectivity index (χ2v) is 5.22. The van der Waals surface area contributed by atoms with Gasteiger partial charge in [0, 0.05) is 6.54 Å². The Morgan fingerprint density at radius 3 is 2.89 bits per heavy atom. The zero-order valence-electron chi connectivity index (χ0n) is 10.1. The van der Waals surface area contributed by atoms with Gasteiger partial charge >= 0.3 is 0 Å². The van der Waals surface area contributed by atoms with Crippen LogP contribution in [0.5, 0.6) is 0 Å². The van der Waals surface area contributed by atoms with E-state index in [2.05, 4.69) is 17.5 Å². The number of nitrogens with zero attached hydrogens (tertiary/aromatic N) is 1. The van der Waals surface area contributed by atoms with Crippen LogP contribution in [0.2, 0.25) is 0 Å². The standard InChI is InChI=1S/C15H15FN2/c16-14-3-4-15(12(7-14)8-17)18-9-13-6-10-1-2-11(13)5-10/h1-4,7,10-11,13,18H,5-6,9H2. The molecule has 0 heterocycles. The first-order valence-corrected chi connectivity index (χ1v) is 6.38. The molecule has 1 N–H and O–H groups in total. The summed E-state index contributed by atoms with van der Waals surface area (Å²) in [4.78, 5) is 0. The summed E-state index contributed by atoms with van der Waals surface area (Å²) in [7, 11) is 0. The molecule has 1 aromatic carbocycles. The van der Waals surface area contributed by atoms with E-state index in [1.165, 1.54) is 25.0 Å². The van der Waals surface area contributed by atoms with Crippen molar-refractivity contribution in [3.63, 3.8) is 0 Å². The summed E-state index contributed by atoms with van der Waals surface area (Å²) in [6.07, 6.45) is 7.15. The molecular weight excluding hydrogens is 227 g/mol. The molecule has 2 bridgehead atoms. The highest BCUT2D eigenvalue weighted by molar-refractivity contribution is 5.57. The van der Waals surface area contributed by atoms with Crippen LogP contribution in [0.3, 0.4) is 0 Å². The Labute approximate surface area is 106 Å². The topological polar surface area (TPSA) is 35.8 Å². The lowest BCUT2D eigenvalue weighted by molar-refractivity contribution is 0.472. The molecule has 0 saturated heterocycles. The maximum absolute atomic E-state index is 13.0. The Kier molecular flexibility index (Phi) is 2.79. The van der Waals surface area contributed by atoms with Crippen molar-refractivity contribution >= 4 is 5.69 Å². The van der Waals surface area contributed by atoms with Crippen LogP contribution >= 0.6 is 0 Å². The van der Waals surface area contributed by atoms with Crippen molar-refractivity contribution in [2.75, 3.05) is 11.9 Å². The number of fused-ring (bicyclic) bond motifs is 2. The number of nitrogens with one attached hydrogen (secondary N) is 1. The normalized spacial score (nSPS) is 28.3. The highest BCUT2D eigenvalue weighted by Gasteiger charge is 2.35. The van der Waals surface area contributed by atoms with Crippen molar-refractivity contribution < 1.29 is 4.39 Å². The maximum atomic E-state index is 13.0. The number of anilines is 1. The van der Waals surface area contributed by atoms with E-state index in [1.807, 2.05) is 6.07 Å². The Balaban J connectivity index is 1.67. The predicted octanol–water partition coefficient (Wildman–Crippen LogP) is 3.32. The van der Waals surface area contributed by atoms with Gasteiger partial charge in [0.2, 0.25) is 0 Å². The smallest absolute Gasteiger partial charge is 0.124 e. The van der Waals surface area contributed by atoms with Crippen LogP contribution in [-0.2, 0) is 0 Å². The van der Waals surface area contributed by atoms with E-state index in [0.717, 1.165) is 18.2 Å². The van der Waals surface area contributed by atoms with E-state index < -0.39 is 0 Å². The Hall–Kier alpha value is -1.82. The van der Waals surface area contributed by atoms with Crippen LogP contribution < -0.4 is 5.32 Å². The van der Waals surface area contributed by atoms with Crippen LogP contribution in [0.4, 0.5) is 10.1 Å². The lowest BCUT2D eigenvalue weighted by Crippen LogP contribution is -2.18. The van der Waals surface area contributed by atoms with E-state index in [-0.39, 0.29) is 5.82 Å². The van der Waals surface area contributed by atoms with Crippen LogP contribution in [0.25, 0.3) is 0 Å². The van der Waals surface area contributed by atoms with Crippen LogP contribution in [0.15, 0.2) is 30.4 Å². The maximum Gasteiger partial charge on any atom is 0.124 e. The van der Waals surface area contributed by atoms with Gasteiger partial charge in [-0.1, -0.05) is 12.2 Å². The number of allylic oxidation sites excluding steroid dienone is 2. The molecule has 0 amide bonds. The monoisotopic (exact) mass is 242 g/mol. The number of benzene rings is 1. The summed E-state index contributed by atoms with van der Waals surface area (Å²) in [5.41, 5.74) is 1.12. The molecule has 0 spiro atoms. The van der Waals surface area contributed by atoms with Crippen molar-refractivity contribution in [3.8, 4) is 6.07 Å². The van der Waals surface area contributed by atoms with E-state index in [9.17, 15) is 4.39 Å². The molecule has 3 unspecified atom stereocenters. The summed E-state index contributed by atoms with van der Waals surface area (Å²) < 4.78 is 13.0. The molecule has 1 saturated carbocycles. The van der Waals surface area contributed by atoms with E-state index >= 15 is 0 Å². The van der Waals surface area contributed by atoms with Crippen molar-refractivity contribution in [1.29, 1.82) is 5.26 Å². The van der Waals surface area contributed by atoms with E-state index in [0.29, 0.717) is 17.4 Å². The molecular formula is C15H15FN2. The molecule has 18 heavy (non-hydrogen) atoms. The van der Waals surface area contributed by atoms with Crippen molar-refractivity contribution in [2.24, 2.45) is 17.8 Å². The third-order valence-electron chi connectivity index (χ3n) is 4.07. The second-order valence-electron chi connectivity index (χ2n) is 5.22. The van der Waals surface area contributed by atoms with Gasteiger partial charge in [-0.25, -0.2) is 4.39 Å². The molecule has 0 aliphatic heterocycles. The van der Waals surface area contributed by atoms with Gasteiger partial charge in [-0.3, -0.25) is 0 Å². The van der Waals surface area contributed by atoms with Gasteiger partial charge in [0.05, 0.1) is 11.3 Å². The largest absolute Gasteiger partial charge is 0.384 e. The molecule has 2 aliphatic carbocycles. The number of hydrogen-bond donors (Lipinski definition) is 1. The highest BCUT2D eigenvalue weighted by Crippen LogP contribution is 2.43. The van der Waals surface area contributed by atoms with Crippen molar-refractivity contribution in [1.82, 2.24) is 0 Å². The van der Waals surface area contributed by atoms with Crippen LogP contribution in [0.1, 0.15) is 18.4 Å². The summed E-state index contributed by atoms with van der Waals surface area (Å²) in [6.45, 7) is 0.867. The summed E-state index contributed by atoms with van der Waals surface area (Å²) in [5, 5.41) is 12.3. The zero-order valence-corrected chi connectivity index (χ0v) is 10.1. The molecule has 1 aromatic rings. The third kappa shape index (κ3) is 1.99. The molecule has 3 heteroatoms. The van der Waals surface area contributed by atoms with Crippen LogP contribution in [0, 0.1) is 34.9 Å². The summed E-state index contributed by atoms with van der Waals surface area (Å²) >= 11 is 0. The van der Waals surface area contributed by atoms with Crippen molar-refractivity contribution in [2.45, 2.75) is 12.8 Å². The average Bonchev–Trinajstić information content (AvgIpc) is 2.99. The summed E-state index contributed by atoms with van der Waals surface area (Å²) in [6, 6.07) is 6.35. The van der Waals surface area contributed by atoms with Gasteiger partial charge in [0.15, 0.2) is 0 Å². The van der Waals surface area contributed by atoms with Gasteiger partial charge in [-0.2, -0.15) is 5.26 Å². The first-order valence-electron chi connectivity index (χ1n) is 6.38. The van der Waals surface area contributed by atoms with Gasteiger partial charge < -0.3 is 5.32 Å². The van der Waals surface area contributed by atoms with Crippen molar-refractivity contribution in [3.05, 3.63) is 41.7 Å². The number of hydrogen-bond acceptors (Lipinski definition) is 2. The molecule has 1 fully saturated rings. The molecule has 0 radical (unpaired) electrons. The second kappa shape index (κ2) is 4.45. The molecule has 92 valence electrons. The SMILES string of the molecule is N#Cc1cc(F)ccc1NCC1CC2C=CC1C2. The number of rotatable bonds is 3. The minimum Gasteiger partial charge on any atom is -0.384 e. The number of nitriles is 1. The quantitative estimate of drug-likeness (QED) is 0.825. The first-order chi connectivity index (χ1) is 8.76. The molecule has 2 aliphatic rings. The third-order valence-corrected chi connectivity index (χ3v) is 4.07. The van der Waals surface area contributed by atoms with Gasteiger partial charge in [0.25, 0.3) is 0 Å². The molecule has 3 rings (SSSR count). The Morgan fingerprint density at radius 1 is 1.33 bits per heavy atom. The van der Waals surface area contributed by atoms with E-state index in [1.54, 1.807) is 6.07 Å². The average molecular weight is 242 g/mol. The fraction of sp³-hybridized carbons (Fsp3) is 0.400. The summed E-state index contributed by atoms with van der Waals surface area (Å²) in [5.74, 6) is 1.73. The fourth-order valence-electron chi connectivity index (χ4n) is 3.13. The van der Waals surface area contributed by atoms with E-state index in [4.69, 9.17) is 5.26 Å².